The third-order valence-corrected chi connectivity index (χ3v) is 1.46. The van der Waals surface area contributed by atoms with Gasteiger partial charge in [-0.1, -0.05) is 17.4 Å². The van der Waals surface area contributed by atoms with Crippen LogP contribution >= 0.6 is 0 Å². The molecule has 1 heterocycles. The van der Waals surface area contributed by atoms with Crippen LogP contribution in [0.3, 0.4) is 0 Å². The fourth-order valence-corrected chi connectivity index (χ4v) is 0.900. The van der Waals surface area contributed by atoms with Crippen LogP contribution in [-0.2, 0) is 0 Å². The summed E-state index contributed by atoms with van der Waals surface area (Å²) in [5, 5.41) is 18.3. The lowest BCUT2D eigenvalue weighted by molar-refractivity contribution is -0.0910. The zero-order valence-electron chi connectivity index (χ0n) is 6.02. The van der Waals surface area contributed by atoms with Crippen molar-refractivity contribution in [1.29, 1.82) is 5.26 Å². The maximum Gasteiger partial charge on any atom is 0.321 e. The minimum Gasteiger partial charge on any atom is -0.383 e. The first-order valence-electron chi connectivity index (χ1n) is 3.33. The van der Waals surface area contributed by atoms with E-state index in [1.807, 2.05) is 18.2 Å². The maximum absolute atomic E-state index is 8.52. The lowest BCUT2D eigenvalue weighted by Gasteiger charge is -2.09. The second kappa shape index (κ2) is 3.43. The Morgan fingerprint density at radius 2 is 2.45 bits per heavy atom. The lowest BCUT2D eigenvalue weighted by Crippen LogP contribution is -2.22. The van der Waals surface area contributed by atoms with Crippen molar-refractivity contribution in [2.24, 2.45) is 0 Å². The minimum absolute atomic E-state index is 0.300. The molecule has 0 aliphatic carbocycles. The van der Waals surface area contributed by atoms with Crippen molar-refractivity contribution in [1.82, 2.24) is 5.32 Å². The van der Waals surface area contributed by atoms with E-state index in [2.05, 4.69) is 11.4 Å². The smallest absolute Gasteiger partial charge is 0.321 e. The van der Waals surface area contributed by atoms with Gasteiger partial charge in [-0.25, -0.2) is 0 Å². The molecule has 0 spiro atoms. The topological polar surface area (TPSA) is 59.6 Å². The van der Waals surface area contributed by atoms with Gasteiger partial charge in [-0.3, -0.25) is 0 Å². The normalized spacial score (nSPS) is 19.5. The van der Waals surface area contributed by atoms with Crippen LogP contribution in [0.4, 0.5) is 0 Å². The molecule has 2 N–H and O–H groups in total. The summed E-state index contributed by atoms with van der Waals surface area (Å²) in [6.45, 7) is 0.738. The Balaban J connectivity index is 2.89. The molecule has 1 aliphatic heterocycles. The van der Waals surface area contributed by atoms with E-state index in [0.29, 0.717) is 12.0 Å². The summed E-state index contributed by atoms with van der Waals surface area (Å²) in [6, 6.07) is 4.00. The van der Waals surface area contributed by atoms with E-state index < -0.39 is 0 Å². The summed E-state index contributed by atoms with van der Waals surface area (Å²) in [5.74, 6) is 0. The Bertz CT molecular complexity index is 269. The molecular weight excluding hydrogens is 138 g/mol. The summed E-state index contributed by atoms with van der Waals surface area (Å²) < 4.78 is 0. The van der Waals surface area contributed by atoms with E-state index >= 15 is 0 Å². The molecular formula is C8H8N3+. The van der Waals surface area contributed by atoms with Crippen molar-refractivity contribution in [3.63, 3.8) is 0 Å². The third-order valence-electron chi connectivity index (χ3n) is 1.46. The Labute approximate surface area is 65.2 Å². The van der Waals surface area contributed by atoms with Gasteiger partial charge in [0.05, 0.1) is 0 Å². The Morgan fingerprint density at radius 1 is 1.64 bits per heavy atom. The van der Waals surface area contributed by atoms with Crippen molar-refractivity contribution in [3.05, 3.63) is 23.4 Å². The van der Waals surface area contributed by atoms with E-state index in [-0.39, 0.29) is 0 Å². The summed E-state index contributed by atoms with van der Waals surface area (Å²) in [5.41, 5.74) is 1.10. The van der Waals surface area contributed by atoms with Crippen LogP contribution in [0.5, 0.6) is 0 Å². The van der Waals surface area contributed by atoms with Crippen LogP contribution in [0.25, 0.3) is 0 Å². The molecule has 0 saturated heterocycles. The number of rotatable bonds is 0. The first kappa shape index (κ1) is 7.37. The van der Waals surface area contributed by atoms with Crippen molar-refractivity contribution in [3.8, 4) is 12.1 Å². The van der Waals surface area contributed by atoms with Crippen LogP contribution in [-0.4, -0.2) is 6.54 Å². The maximum atomic E-state index is 8.52. The molecule has 0 amide bonds. The van der Waals surface area contributed by atoms with E-state index in [0.717, 1.165) is 12.2 Å². The van der Waals surface area contributed by atoms with E-state index in [4.69, 9.17) is 10.5 Å². The SMILES string of the molecule is N#CC(C#[NH+])=C1CC=CCN1. The van der Waals surface area contributed by atoms with Gasteiger partial charge >= 0.3 is 6.07 Å². The van der Waals surface area contributed by atoms with E-state index in [1.165, 1.54) is 0 Å². The molecule has 0 saturated carbocycles. The fraction of sp³-hybridized carbons (Fsp3) is 0.250. The highest BCUT2D eigenvalue weighted by atomic mass is 14.9. The predicted molar refractivity (Wildman–Crippen MR) is 39.2 cm³/mol. The van der Waals surface area contributed by atoms with Crippen molar-refractivity contribution >= 4 is 0 Å². The quantitative estimate of drug-likeness (QED) is 0.343. The second-order valence-corrected chi connectivity index (χ2v) is 2.15. The molecule has 0 atom stereocenters. The molecule has 0 unspecified atom stereocenters. The van der Waals surface area contributed by atoms with E-state index in [9.17, 15) is 0 Å². The first-order chi connectivity index (χ1) is 5.38. The van der Waals surface area contributed by atoms with Crippen molar-refractivity contribution < 1.29 is 5.26 Å². The zero-order chi connectivity index (χ0) is 8.10. The number of nitriles is 1. The molecule has 3 nitrogen and oxygen atoms in total. The number of hydrogen-bond acceptors (Lipinski definition) is 2. The molecule has 11 heavy (non-hydrogen) atoms. The molecule has 1 aliphatic rings. The highest BCUT2D eigenvalue weighted by Gasteiger charge is 2.08. The first-order valence-corrected chi connectivity index (χ1v) is 3.33. The van der Waals surface area contributed by atoms with Gasteiger partial charge in [-0.05, 0) is 0 Å². The van der Waals surface area contributed by atoms with Gasteiger partial charge in [0, 0.05) is 18.7 Å². The molecule has 54 valence electrons. The molecule has 0 aromatic carbocycles. The highest BCUT2D eigenvalue weighted by Crippen LogP contribution is 2.07. The second-order valence-electron chi connectivity index (χ2n) is 2.15. The fourth-order valence-electron chi connectivity index (χ4n) is 0.900. The van der Waals surface area contributed by atoms with Gasteiger partial charge in [0.25, 0.3) is 0 Å². The largest absolute Gasteiger partial charge is 0.383 e. The zero-order valence-corrected chi connectivity index (χ0v) is 6.02. The standard InChI is InChI=1S/C8H7N3/c9-5-7(6-10)8-3-1-2-4-11-8/h1-2,11H,3-4H2/p+1. The number of allylic oxidation sites excluding steroid dienone is 2. The summed E-state index contributed by atoms with van der Waals surface area (Å²) >= 11 is 0. The Kier molecular flexibility index (Phi) is 2.30. The third kappa shape index (κ3) is 1.59. The highest BCUT2D eigenvalue weighted by molar-refractivity contribution is 5.40. The van der Waals surface area contributed by atoms with Crippen LogP contribution in [0.1, 0.15) is 6.42 Å². The van der Waals surface area contributed by atoms with Gasteiger partial charge in [-0.2, -0.15) is 5.26 Å². The summed E-state index contributed by atoms with van der Waals surface area (Å²) in [4.78, 5) is 0. The minimum atomic E-state index is 0.300. The summed E-state index contributed by atoms with van der Waals surface area (Å²) in [7, 11) is 0. The van der Waals surface area contributed by atoms with Crippen LogP contribution in [0.2, 0.25) is 0 Å². The number of nitrogens with one attached hydrogen (secondary N) is 2. The monoisotopic (exact) mass is 146 g/mol. The average Bonchev–Trinajstić information content (AvgIpc) is 2.09. The molecule has 0 aromatic heterocycles. The van der Waals surface area contributed by atoms with Gasteiger partial charge in [0.2, 0.25) is 0 Å². The van der Waals surface area contributed by atoms with E-state index in [1.54, 1.807) is 0 Å². The molecule has 1 rings (SSSR count). The van der Waals surface area contributed by atoms with Crippen LogP contribution < -0.4 is 10.6 Å². The van der Waals surface area contributed by atoms with Gasteiger partial charge < -0.3 is 5.32 Å². The number of nitrogens with zero attached hydrogens (tertiary/aromatic N) is 1. The van der Waals surface area contributed by atoms with Gasteiger partial charge in [0.15, 0.2) is 5.57 Å². The van der Waals surface area contributed by atoms with Crippen molar-refractivity contribution in [2.45, 2.75) is 6.42 Å². The van der Waals surface area contributed by atoms with Crippen LogP contribution in [0, 0.1) is 17.4 Å². The lowest BCUT2D eigenvalue weighted by atomic mass is 10.1. The Morgan fingerprint density at radius 3 is 2.91 bits per heavy atom. The van der Waals surface area contributed by atoms with Crippen molar-refractivity contribution in [2.75, 3.05) is 6.54 Å². The Hall–Kier alpha value is -1.74. The molecule has 3 heteroatoms. The molecule has 0 bridgehead atoms. The molecule has 0 aromatic rings. The van der Waals surface area contributed by atoms with Crippen LogP contribution in [0.15, 0.2) is 23.4 Å². The molecule has 0 fully saturated rings. The molecule has 0 radical (unpaired) electrons. The predicted octanol–water partition coefficient (Wildman–Crippen LogP) is -0.914. The summed E-state index contributed by atoms with van der Waals surface area (Å²) in [6.07, 6.45) is 4.66. The average molecular weight is 146 g/mol. The number of hydrogen-bond donors (Lipinski definition) is 2. The van der Waals surface area contributed by atoms with Gasteiger partial charge in [-0.15, -0.1) is 0 Å². The van der Waals surface area contributed by atoms with Gasteiger partial charge in [0.1, 0.15) is 6.07 Å².